The number of aryl methyl sites for hydroxylation is 1. The van der Waals surface area contributed by atoms with Crippen LogP contribution >= 0.6 is 0 Å². The van der Waals surface area contributed by atoms with Crippen molar-refractivity contribution in [1.29, 1.82) is 0 Å². The van der Waals surface area contributed by atoms with Gasteiger partial charge in [-0.1, -0.05) is 49.4 Å². The SMILES string of the molecule is CCc1ccc(OCC(=O)Oc2ccc3c(=O)c(-c4ccccc4)coc3c2)cc1. The number of ether oxygens (including phenoxy) is 2. The maximum Gasteiger partial charge on any atom is 0.349 e. The molecule has 0 spiro atoms. The maximum absolute atomic E-state index is 12.8. The van der Waals surface area contributed by atoms with Gasteiger partial charge in [0, 0.05) is 6.07 Å². The maximum atomic E-state index is 12.8. The molecule has 1 heterocycles. The summed E-state index contributed by atoms with van der Waals surface area (Å²) in [5.74, 6) is 0.340. The Hall–Kier alpha value is -3.86. The number of rotatable bonds is 6. The summed E-state index contributed by atoms with van der Waals surface area (Å²) in [7, 11) is 0. The summed E-state index contributed by atoms with van der Waals surface area (Å²) in [4.78, 5) is 24.9. The van der Waals surface area contributed by atoms with Crippen LogP contribution in [0.3, 0.4) is 0 Å². The zero-order valence-corrected chi connectivity index (χ0v) is 16.5. The van der Waals surface area contributed by atoms with Gasteiger partial charge in [-0.05, 0) is 41.8 Å². The van der Waals surface area contributed by atoms with Crippen LogP contribution in [-0.4, -0.2) is 12.6 Å². The monoisotopic (exact) mass is 400 g/mol. The van der Waals surface area contributed by atoms with Crippen molar-refractivity contribution in [2.24, 2.45) is 0 Å². The highest BCUT2D eigenvalue weighted by atomic mass is 16.6. The first-order chi connectivity index (χ1) is 14.6. The Balaban J connectivity index is 1.46. The van der Waals surface area contributed by atoms with Gasteiger partial charge in [0.05, 0.1) is 10.9 Å². The average Bonchev–Trinajstić information content (AvgIpc) is 2.79. The number of fused-ring (bicyclic) bond motifs is 1. The Labute approximate surface area is 173 Å². The second-order valence-corrected chi connectivity index (χ2v) is 6.76. The predicted octanol–water partition coefficient (Wildman–Crippen LogP) is 5.01. The molecule has 0 aliphatic carbocycles. The Morgan fingerprint density at radius 2 is 1.67 bits per heavy atom. The van der Waals surface area contributed by atoms with Crippen molar-refractivity contribution in [2.45, 2.75) is 13.3 Å². The molecular weight excluding hydrogens is 380 g/mol. The first-order valence-electron chi connectivity index (χ1n) is 9.67. The van der Waals surface area contributed by atoms with Gasteiger partial charge >= 0.3 is 5.97 Å². The number of carbonyl (C=O) groups is 1. The third-order valence-corrected chi connectivity index (χ3v) is 4.75. The van der Waals surface area contributed by atoms with Crippen LogP contribution < -0.4 is 14.9 Å². The smallest absolute Gasteiger partial charge is 0.349 e. The summed E-state index contributed by atoms with van der Waals surface area (Å²) < 4.78 is 16.4. The highest BCUT2D eigenvalue weighted by Gasteiger charge is 2.12. The van der Waals surface area contributed by atoms with Gasteiger partial charge in [-0.3, -0.25) is 4.79 Å². The molecule has 4 rings (SSSR count). The standard InChI is InChI=1S/C25H20O5/c1-2-17-8-10-19(11-9-17)28-16-24(26)30-20-12-13-21-23(14-20)29-15-22(25(21)27)18-6-4-3-5-7-18/h3-15H,2,16H2,1H3. The van der Waals surface area contributed by atoms with Crippen molar-refractivity contribution in [3.05, 3.63) is 94.8 Å². The molecule has 5 heteroatoms. The molecule has 150 valence electrons. The van der Waals surface area contributed by atoms with E-state index in [2.05, 4.69) is 6.92 Å². The Morgan fingerprint density at radius 1 is 0.933 bits per heavy atom. The molecule has 4 aromatic rings. The molecule has 0 aliphatic heterocycles. The second-order valence-electron chi connectivity index (χ2n) is 6.76. The normalized spacial score (nSPS) is 10.7. The molecule has 0 radical (unpaired) electrons. The lowest BCUT2D eigenvalue weighted by molar-refractivity contribution is -0.136. The van der Waals surface area contributed by atoms with E-state index < -0.39 is 5.97 Å². The summed E-state index contributed by atoms with van der Waals surface area (Å²) in [5, 5.41) is 0.420. The highest BCUT2D eigenvalue weighted by molar-refractivity contribution is 5.83. The van der Waals surface area contributed by atoms with Crippen LogP contribution in [0.15, 0.2) is 88.3 Å². The van der Waals surface area contributed by atoms with Crippen LogP contribution in [0.25, 0.3) is 22.1 Å². The van der Waals surface area contributed by atoms with E-state index >= 15 is 0 Å². The van der Waals surface area contributed by atoms with E-state index in [1.807, 2.05) is 54.6 Å². The summed E-state index contributed by atoms with van der Waals surface area (Å²) >= 11 is 0. The molecule has 0 unspecified atom stereocenters. The van der Waals surface area contributed by atoms with Crippen molar-refractivity contribution < 1.29 is 18.7 Å². The molecule has 0 saturated heterocycles. The fraction of sp³-hybridized carbons (Fsp3) is 0.120. The average molecular weight is 400 g/mol. The fourth-order valence-corrected chi connectivity index (χ4v) is 3.11. The van der Waals surface area contributed by atoms with E-state index in [0.717, 1.165) is 12.0 Å². The lowest BCUT2D eigenvalue weighted by atomic mass is 10.1. The highest BCUT2D eigenvalue weighted by Crippen LogP contribution is 2.23. The van der Waals surface area contributed by atoms with E-state index in [1.54, 1.807) is 12.1 Å². The quantitative estimate of drug-likeness (QED) is 0.336. The molecule has 0 aliphatic rings. The van der Waals surface area contributed by atoms with Gasteiger partial charge in [-0.25, -0.2) is 4.79 Å². The molecule has 5 nitrogen and oxygen atoms in total. The predicted molar refractivity (Wildman–Crippen MR) is 115 cm³/mol. The van der Waals surface area contributed by atoms with Crippen LogP contribution in [0.4, 0.5) is 0 Å². The Morgan fingerprint density at radius 3 is 2.40 bits per heavy atom. The minimum Gasteiger partial charge on any atom is -0.482 e. The van der Waals surface area contributed by atoms with Crippen LogP contribution in [0.1, 0.15) is 12.5 Å². The third kappa shape index (κ3) is 4.25. The molecule has 0 saturated carbocycles. The Bertz CT molecular complexity index is 1220. The van der Waals surface area contributed by atoms with E-state index in [0.29, 0.717) is 22.3 Å². The minimum absolute atomic E-state index is 0.140. The van der Waals surface area contributed by atoms with Crippen molar-refractivity contribution in [2.75, 3.05) is 6.61 Å². The van der Waals surface area contributed by atoms with E-state index in [4.69, 9.17) is 13.9 Å². The molecule has 3 aromatic carbocycles. The third-order valence-electron chi connectivity index (χ3n) is 4.75. The molecule has 0 bridgehead atoms. The zero-order chi connectivity index (χ0) is 20.9. The van der Waals surface area contributed by atoms with E-state index in [9.17, 15) is 9.59 Å². The lowest BCUT2D eigenvalue weighted by Crippen LogP contribution is -2.17. The van der Waals surface area contributed by atoms with Gasteiger partial charge in [0.2, 0.25) is 0 Å². The first-order valence-corrected chi connectivity index (χ1v) is 9.67. The van der Waals surface area contributed by atoms with Crippen molar-refractivity contribution in [3.8, 4) is 22.6 Å². The molecular formula is C25H20O5. The number of esters is 1. The minimum atomic E-state index is -0.544. The van der Waals surface area contributed by atoms with E-state index in [1.165, 1.54) is 17.9 Å². The molecule has 0 fully saturated rings. The summed E-state index contributed by atoms with van der Waals surface area (Å²) in [6.45, 7) is 1.85. The molecule has 30 heavy (non-hydrogen) atoms. The molecule has 1 aromatic heterocycles. The van der Waals surface area contributed by atoms with Crippen LogP contribution in [0.5, 0.6) is 11.5 Å². The molecule has 0 amide bonds. The van der Waals surface area contributed by atoms with Crippen LogP contribution in [0, 0.1) is 0 Å². The number of carbonyl (C=O) groups excluding carboxylic acids is 1. The summed E-state index contributed by atoms with van der Waals surface area (Å²) in [5.41, 5.74) is 2.67. The topological polar surface area (TPSA) is 65.7 Å². The van der Waals surface area contributed by atoms with Crippen LogP contribution in [-0.2, 0) is 11.2 Å². The largest absolute Gasteiger partial charge is 0.482 e. The van der Waals surface area contributed by atoms with Gasteiger partial charge in [-0.2, -0.15) is 0 Å². The second kappa shape index (κ2) is 8.66. The van der Waals surface area contributed by atoms with Gasteiger partial charge < -0.3 is 13.9 Å². The summed E-state index contributed by atoms with van der Waals surface area (Å²) in [6, 6.07) is 21.6. The molecule has 0 atom stereocenters. The van der Waals surface area contributed by atoms with Gasteiger partial charge in [-0.15, -0.1) is 0 Å². The Kier molecular flexibility index (Phi) is 5.61. The van der Waals surface area contributed by atoms with Gasteiger partial charge in [0.15, 0.2) is 12.0 Å². The number of benzene rings is 3. The first kappa shape index (κ1) is 19.5. The number of hydrogen-bond acceptors (Lipinski definition) is 5. The lowest BCUT2D eigenvalue weighted by Gasteiger charge is -2.08. The summed E-state index contributed by atoms with van der Waals surface area (Å²) in [6.07, 6.45) is 2.36. The van der Waals surface area contributed by atoms with E-state index in [-0.39, 0.29) is 17.8 Å². The zero-order valence-electron chi connectivity index (χ0n) is 16.5. The van der Waals surface area contributed by atoms with Gasteiger partial charge in [0.25, 0.3) is 0 Å². The van der Waals surface area contributed by atoms with Crippen molar-refractivity contribution in [1.82, 2.24) is 0 Å². The van der Waals surface area contributed by atoms with Crippen molar-refractivity contribution in [3.63, 3.8) is 0 Å². The number of hydrogen-bond donors (Lipinski definition) is 0. The van der Waals surface area contributed by atoms with Crippen LogP contribution in [0.2, 0.25) is 0 Å². The van der Waals surface area contributed by atoms with Crippen molar-refractivity contribution >= 4 is 16.9 Å². The fourth-order valence-electron chi connectivity index (χ4n) is 3.11. The molecule has 0 N–H and O–H groups in total. The van der Waals surface area contributed by atoms with Gasteiger partial charge in [0.1, 0.15) is 23.3 Å².